The van der Waals surface area contributed by atoms with E-state index >= 15 is 0 Å². The molecule has 1 amide bonds. The summed E-state index contributed by atoms with van der Waals surface area (Å²) >= 11 is 1.57. The number of nitrogens with one attached hydrogen (secondary N) is 1. The van der Waals surface area contributed by atoms with Gasteiger partial charge < -0.3 is 19.5 Å². The molecular weight excluding hydrogens is 429 g/mol. The molecule has 5 rings (SSSR count). The minimum Gasteiger partial charge on any atom is -0.497 e. The second-order valence-corrected chi connectivity index (χ2v) is 8.44. The maximum atomic E-state index is 14.2. The number of rotatable bonds is 5. The largest absolute Gasteiger partial charge is 0.497 e. The summed E-state index contributed by atoms with van der Waals surface area (Å²) in [6, 6.07) is 12.5. The van der Waals surface area contributed by atoms with Crippen molar-refractivity contribution in [2.45, 2.75) is 6.42 Å². The summed E-state index contributed by atoms with van der Waals surface area (Å²) in [5.74, 6) is 0.695. The zero-order valence-electron chi connectivity index (χ0n) is 17.5. The second kappa shape index (κ2) is 8.58. The highest BCUT2D eigenvalue weighted by molar-refractivity contribution is 7.14. The number of carbonyl (C=O) groups is 1. The van der Waals surface area contributed by atoms with E-state index in [1.807, 2.05) is 29.8 Å². The molecular formula is C23H22FN5O2S. The van der Waals surface area contributed by atoms with E-state index in [0.717, 1.165) is 27.6 Å². The molecule has 2 aromatic heterocycles. The lowest BCUT2D eigenvalue weighted by Crippen LogP contribution is -2.49. The number of aromatic nitrogens is 3. The third-order valence-corrected chi connectivity index (χ3v) is 6.57. The average Bonchev–Trinajstić information content (AvgIpc) is 3.47. The molecule has 9 heteroatoms. The molecule has 0 unspecified atom stereocenters. The van der Waals surface area contributed by atoms with E-state index in [4.69, 9.17) is 4.74 Å². The fourth-order valence-corrected chi connectivity index (χ4v) is 4.77. The molecule has 0 saturated carbocycles. The topological polar surface area (TPSA) is 74.3 Å². The van der Waals surface area contributed by atoms with Crippen LogP contribution in [0.2, 0.25) is 0 Å². The Kier molecular flexibility index (Phi) is 5.48. The Hall–Kier alpha value is -3.46. The van der Waals surface area contributed by atoms with Crippen molar-refractivity contribution in [1.29, 1.82) is 0 Å². The number of anilines is 1. The molecule has 2 aromatic carbocycles. The molecule has 1 saturated heterocycles. The van der Waals surface area contributed by atoms with Crippen molar-refractivity contribution in [1.82, 2.24) is 19.9 Å². The van der Waals surface area contributed by atoms with E-state index < -0.39 is 5.82 Å². The Morgan fingerprint density at radius 1 is 1.19 bits per heavy atom. The third-order valence-electron chi connectivity index (χ3n) is 5.68. The highest BCUT2D eigenvalue weighted by atomic mass is 32.1. The number of amides is 1. The van der Waals surface area contributed by atoms with Crippen LogP contribution in [0.1, 0.15) is 5.56 Å². The highest BCUT2D eigenvalue weighted by Crippen LogP contribution is 2.33. The predicted octanol–water partition coefficient (Wildman–Crippen LogP) is 3.73. The molecule has 1 N–H and O–H groups in total. The minimum absolute atomic E-state index is 0.0423. The van der Waals surface area contributed by atoms with Crippen molar-refractivity contribution < 1.29 is 13.9 Å². The van der Waals surface area contributed by atoms with Crippen LogP contribution in [-0.4, -0.2) is 59.0 Å². The van der Waals surface area contributed by atoms with Crippen LogP contribution in [-0.2, 0) is 11.2 Å². The smallest absolute Gasteiger partial charge is 0.227 e. The molecule has 1 aliphatic heterocycles. The van der Waals surface area contributed by atoms with Gasteiger partial charge in [0.05, 0.1) is 30.1 Å². The molecule has 1 fully saturated rings. The van der Waals surface area contributed by atoms with Crippen molar-refractivity contribution in [3.63, 3.8) is 0 Å². The van der Waals surface area contributed by atoms with Gasteiger partial charge in [-0.05, 0) is 23.8 Å². The summed E-state index contributed by atoms with van der Waals surface area (Å²) in [7, 11) is 1.49. The van der Waals surface area contributed by atoms with Crippen LogP contribution < -0.4 is 9.64 Å². The number of H-pyrrole nitrogens is 1. The Bertz CT molecular complexity index is 1230. The van der Waals surface area contributed by atoms with Gasteiger partial charge in [0.2, 0.25) is 5.91 Å². The first-order valence-electron chi connectivity index (χ1n) is 10.4. The zero-order valence-corrected chi connectivity index (χ0v) is 18.4. The number of methoxy groups -OCH3 is 1. The van der Waals surface area contributed by atoms with Crippen LogP contribution in [0, 0.1) is 5.82 Å². The lowest BCUT2D eigenvalue weighted by molar-refractivity contribution is -0.130. The molecule has 1 aliphatic rings. The molecule has 0 bridgehead atoms. The normalized spacial score (nSPS) is 14.2. The van der Waals surface area contributed by atoms with E-state index in [0.29, 0.717) is 37.5 Å². The number of benzene rings is 2. The number of halogens is 1. The van der Waals surface area contributed by atoms with Crippen molar-refractivity contribution in [3.8, 4) is 17.3 Å². The standard InChI is InChI=1S/C23H22FN5O2S/c1-31-16-7-6-15(17(24)13-16)12-20(30)28-8-10-29(11-9-28)23-21(25-14-32-23)22-26-18-4-2-3-5-19(18)27-22/h2-7,13-14H,8-12H2,1H3,(H,26,27). The van der Waals surface area contributed by atoms with Gasteiger partial charge in [0.25, 0.3) is 0 Å². The van der Waals surface area contributed by atoms with E-state index in [-0.39, 0.29) is 12.3 Å². The van der Waals surface area contributed by atoms with Gasteiger partial charge in [0, 0.05) is 32.2 Å². The van der Waals surface area contributed by atoms with E-state index in [1.165, 1.54) is 13.2 Å². The maximum Gasteiger partial charge on any atom is 0.227 e. The summed E-state index contributed by atoms with van der Waals surface area (Å²) in [5, 5.41) is 1.04. The summed E-state index contributed by atoms with van der Waals surface area (Å²) in [4.78, 5) is 29.3. The first-order valence-corrected chi connectivity index (χ1v) is 11.2. The molecule has 0 aliphatic carbocycles. The van der Waals surface area contributed by atoms with E-state index in [1.54, 1.807) is 28.4 Å². The number of piperazine rings is 1. The SMILES string of the molecule is COc1ccc(CC(=O)N2CCN(c3scnc3-c3nc4ccccc4[nH]3)CC2)c(F)c1. The van der Waals surface area contributed by atoms with Crippen LogP contribution in [0.4, 0.5) is 9.39 Å². The highest BCUT2D eigenvalue weighted by Gasteiger charge is 2.25. The zero-order chi connectivity index (χ0) is 22.1. The number of fused-ring (bicyclic) bond motifs is 1. The Balaban J connectivity index is 1.25. The van der Waals surface area contributed by atoms with Gasteiger partial charge in [-0.3, -0.25) is 4.79 Å². The second-order valence-electron chi connectivity index (χ2n) is 7.61. The Morgan fingerprint density at radius 3 is 2.75 bits per heavy atom. The van der Waals surface area contributed by atoms with Crippen LogP contribution in [0.15, 0.2) is 48.0 Å². The van der Waals surface area contributed by atoms with Crippen LogP contribution in [0.5, 0.6) is 5.75 Å². The summed E-state index contributed by atoms with van der Waals surface area (Å²) in [6.45, 7) is 2.53. The van der Waals surface area contributed by atoms with Gasteiger partial charge in [-0.25, -0.2) is 14.4 Å². The van der Waals surface area contributed by atoms with Crippen molar-refractivity contribution in [3.05, 3.63) is 59.4 Å². The first-order chi connectivity index (χ1) is 15.6. The fraction of sp³-hybridized carbons (Fsp3) is 0.261. The van der Waals surface area contributed by atoms with Crippen LogP contribution in [0.25, 0.3) is 22.6 Å². The monoisotopic (exact) mass is 451 g/mol. The molecule has 0 atom stereocenters. The number of hydrogen-bond acceptors (Lipinski definition) is 6. The van der Waals surface area contributed by atoms with E-state index in [2.05, 4.69) is 19.9 Å². The van der Waals surface area contributed by atoms with Gasteiger partial charge in [-0.1, -0.05) is 18.2 Å². The summed E-state index contributed by atoms with van der Waals surface area (Å²) in [5.41, 5.74) is 4.91. The van der Waals surface area contributed by atoms with Gasteiger partial charge in [0.1, 0.15) is 22.3 Å². The number of carbonyl (C=O) groups excluding carboxylic acids is 1. The molecule has 3 heterocycles. The number of imidazole rings is 1. The number of thiazole rings is 1. The van der Waals surface area contributed by atoms with Gasteiger partial charge in [0.15, 0.2) is 5.82 Å². The number of para-hydroxylation sites is 2. The quantitative estimate of drug-likeness (QED) is 0.501. The average molecular weight is 452 g/mol. The van der Waals surface area contributed by atoms with Crippen LogP contribution in [0.3, 0.4) is 0 Å². The van der Waals surface area contributed by atoms with Crippen molar-refractivity contribution >= 4 is 33.3 Å². The van der Waals surface area contributed by atoms with Gasteiger partial charge >= 0.3 is 0 Å². The molecule has 4 aromatic rings. The number of nitrogens with zero attached hydrogens (tertiary/aromatic N) is 4. The fourth-order valence-electron chi connectivity index (χ4n) is 3.92. The number of hydrogen-bond donors (Lipinski definition) is 1. The Labute approximate surface area is 188 Å². The molecule has 0 spiro atoms. The lowest BCUT2D eigenvalue weighted by atomic mass is 10.1. The van der Waals surface area contributed by atoms with Crippen molar-refractivity contribution in [2.24, 2.45) is 0 Å². The van der Waals surface area contributed by atoms with E-state index in [9.17, 15) is 9.18 Å². The maximum absolute atomic E-state index is 14.2. The molecule has 32 heavy (non-hydrogen) atoms. The third kappa shape index (κ3) is 3.91. The predicted molar refractivity (Wildman–Crippen MR) is 123 cm³/mol. The lowest BCUT2D eigenvalue weighted by Gasteiger charge is -2.35. The van der Waals surface area contributed by atoms with Crippen molar-refractivity contribution in [2.75, 3.05) is 38.2 Å². The molecule has 0 radical (unpaired) electrons. The molecule has 164 valence electrons. The Morgan fingerprint density at radius 2 is 2.00 bits per heavy atom. The minimum atomic E-state index is -0.420. The summed E-state index contributed by atoms with van der Waals surface area (Å²) in [6.07, 6.45) is 0.0423. The first kappa shape index (κ1) is 20.4. The summed E-state index contributed by atoms with van der Waals surface area (Å²) < 4.78 is 19.2. The van der Waals surface area contributed by atoms with Gasteiger partial charge in [-0.2, -0.15) is 0 Å². The van der Waals surface area contributed by atoms with Crippen LogP contribution >= 0.6 is 11.3 Å². The van der Waals surface area contributed by atoms with Gasteiger partial charge in [-0.15, -0.1) is 11.3 Å². The molecule has 7 nitrogen and oxygen atoms in total. The number of aromatic amines is 1. The number of ether oxygens (including phenoxy) is 1.